The van der Waals surface area contributed by atoms with Crippen molar-refractivity contribution < 1.29 is 18.1 Å². The minimum Gasteiger partial charge on any atom is -0.386 e. The molecule has 0 unspecified atom stereocenters. The number of aliphatic hydroxyl groups excluding tert-OH is 1. The Kier molecular flexibility index (Phi) is 6.49. The molecule has 112 valence electrons. The van der Waals surface area contributed by atoms with Crippen LogP contribution in [0.1, 0.15) is 25.8 Å². The molecule has 20 heavy (non-hydrogen) atoms. The summed E-state index contributed by atoms with van der Waals surface area (Å²) in [6, 6.07) is 6.86. The van der Waals surface area contributed by atoms with Crippen LogP contribution in [-0.4, -0.2) is 27.1 Å². The van der Waals surface area contributed by atoms with Gasteiger partial charge in [-0.3, -0.25) is 4.21 Å². The summed E-state index contributed by atoms with van der Waals surface area (Å²) in [4.78, 5) is 0.461. The summed E-state index contributed by atoms with van der Waals surface area (Å²) >= 11 is 0. The topological polar surface area (TPSA) is 37.3 Å². The minimum atomic E-state index is -2.90. The van der Waals surface area contributed by atoms with Gasteiger partial charge in [-0.25, -0.2) is 8.78 Å². The SMILES string of the molecule is CC(C)=CC[C@@H]([C@@H](O)C(F)F)[S@@](=O)c1ccc(C)cc1. The maximum Gasteiger partial charge on any atom is 0.265 e. The molecule has 2 nitrogen and oxygen atoms in total. The molecule has 1 N–H and O–H groups in total. The van der Waals surface area contributed by atoms with E-state index in [2.05, 4.69) is 0 Å². The summed E-state index contributed by atoms with van der Waals surface area (Å²) in [6.07, 6.45) is -2.91. The predicted molar refractivity (Wildman–Crippen MR) is 77.4 cm³/mol. The largest absolute Gasteiger partial charge is 0.386 e. The van der Waals surface area contributed by atoms with Crippen molar-refractivity contribution in [1.82, 2.24) is 0 Å². The Morgan fingerprint density at radius 1 is 1.30 bits per heavy atom. The van der Waals surface area contributed by atoms with Crippen molar-refractivity contribution in [3.05, 3.63) is 41.5 Å². The first-order valence-electron chi connectivity index (χ1n) is 6.39. The lowest BCUT2D eigenvalue weighted by molar-refractivity contribution is -0.00535. The molecule has 0 amide bonds. The molecule has 0 saturated carbocycles. The quantitative estimate of drug-likeness (QED) is 0.817. The Labute approximate surface area is 121 Å². The van der Waals surface area contributed by atoms with Crippen LogP contribution in [0.25, 0.3) is 0 Å². The Bertz CT molecular complexity index is 479. The summed E-state index contributed by atoms with van der Waals surface area (Å²) in [6.45, 7) is 5.56. The van der Waals surface area contributed by atoms with Crippen LogP contribution >= 0.6 is 0 Å². The second-order valence-electron chi connectivity index (χ2n) is 4.99. The Balaban J connectivity index is 3.00. The van der Waals surface area contributed by atoms with Crippen molar-refractivity contribution in [1.29, 1.82) is 0 Å². The number of alkyl halides is 2. The molecule has 1 aromatic carbocycles. The summed E-state index contributed by atoms with van der Waals surface area (Å²) in [7, 11) is -1.67. The van der Waals surface area contributed by atoms with Gasteiger partial charge < -0.3 is 5.11 Å². The Morgan fingerprint density at radius 3 is 2.30 bits per heavy atom. The molecule has 0 aromatic heterocycles. The zero-order chi connectivity index (χ0) is 15.3. The highest BCUT2D eigenvalue weighted by molar-refractivity contribution is 7.85. The Hall–Kier alpha value is -1.07. The van der Waals surface area contributed by atoms with Crippen molar-refractivity contribution in [3.8, 4) is 0 Å². The van der Waals surface area contributed by atoms with Gasteiger partial charge in [-0.2, -0.15) is 0 Å². The molecule has 1 rings (SSSR count). The summed E-state index contributed by atoms with van der Waals surface area (Å²) < 4.78 is 37.9. The van der Waals surface area contributed by atoms with E-state index in [-0.39, 0.29) is 6.42 Å². The van der Waals surface area contributed by atoms with Gasteiger partial charge in [0.15, 0.2) is 0 Å². The first-order valence-corrected chi connectivity index (χ1v) is 7.61. The van der Waals surface area contributed by atoms with E-state index in [4.69, 9.17) is 0 Å². The maximum atomic E-state index is 12.7. The van der Waals surface area contributed by atoms with Gasteiger partial charge in [0.2, 0.25) is 0 Å². The van der Waals surface area contributed by atoms with Crippen molar-refractivity contribution in [2.45, 2.75) is 49.9 Å². The average Bonchev–Trinajstić information content (AvgIpc) is 2.38. The van der Waals surface area contributed by atoms with E-state index in [0.29, 0.717) is 4.90 Å². The third kappa shape index (κ3) is 4.80. The molecule has 0 aliphatic heterocycles. The van der Waals surface area contributed by atoms with E-state index in [1.807, 2.05) is 20.8 Å². The van der Waals surface area contributed by atoms with Gasteiger partial charge >= 0.3 is 0 Å². The van der Waals surface area contributed by atoms with Gasteiger partial charge in [-0.1, -0.05) is 29.3 Å². The summed E-state index contributed by atoms with van der Waals surface area (Å²) in [5.74, 6) is 0. The molecule has 0 heterocycles. The normalized spacial score (nSPS) is 15.8. The number of halogens is 2. The third-order valence-electron chi connectivity index (χ3n) is 2.93. The molecule has 3 atom stereocenters. The average molecular weight is 302 g/mol. The maximum absolute atomic E-state index is 12.7. The second-order valence-corrected chi connectivity index (χ2v) is 6.66. The highest BCUT2D eigenvalue weighted by Crippen LogP contribution is 2.22. The molecule has 0 radical (unpaired) electrons. The molecule has 0 aliphatic rings. The number of allylic oxidation sites excluding steroid dienone is 2. The standard InChI is InChI=1S/C15H20F2O2S/c1-10(2)4-9-13(14(18)15(16)17)20(19)12-7-5-11(3)6-8-12/h4-8,13-15,18H,9H2,1-3H3/t13-,14+,20-/m0/s1. The van der Waals surface area contributed by atoms with Gasteiger partial charge in [-0.15, -0.1) is 0 Å². The summed E-state index contributed by atoms with van der Waals surface area (Å²) in [5, 5.41) is 8.61. The zero-order valence-corrected chi connectivity index (χ0v) is 12.7. The van der Waals surface area contributed by atoms with E-state index in [0.717, 1.165) is 11.1 Å². The lowest BCUT2D eigenvalue weighted by atomic mass is 10.1. The summed E-state index contributed by atoms with van der Waals surface area (Å²) in [5.41, 5.74) is 1.94. The van der Waals surface area contributed by atoms with Crippen LogP contribution in [0.5, 0.6) is 0 Å². The number of aliphatic hydroxyl groups is 1. The molecule has 0 aliphatic carbocycles. The van der Waals surface area contributed by atoms with Crippen molar-refractivity contribution in [3.63, 3.8) is 0 Å². The van der Waals surface area contributed by atoms with Crippen LogP contribution in [0.2, 0.25) is 0 Å². The lowest BCUT2D eigenvalue weighted by Gasteiger charge is -2.21. The number of hydrogen-bond donors (Lipinski definition) is 1. The van der Waals surface area contributed by atoms with Gasteiger partial charge in [0.25, 0.3) is 6.43 Å². The minimum absolute atomic E-state index is 0.161. The van der Waals surface area contributed by atoms with Gasteiger partial charge in [0, 0.05) is 4.90 Å². The fourth-order valence-corrected chi connectivity index (χ4v) is 3.11. The Morgan fingerprint density at radius 2 is 1.85 bits per heavy atom. The third-order valence-corrected chi connectivity index (χ3v) is 4.68. The van der Waals surface area contributed by atoms with E-state index in [1.165, 1.54) is 0 Å². The van der Waals surface area contributed by atoms with Crippen LogP contribution in [0.15, 0.2) is 40.8 Å². The smallest absolute Gasteiger partial charge is 0.265 e. The van der Waals surface area contributed by atoms with Crippen LogP contribution in [0.4, 0.5) is 8.78 Å². The molecule has 5 heteroatoms. The number of hydrogen-bond acceptors (Lipinski definition) is 2. The van der Waals surface area contributed by atoms with Crippen molar-refractivity contribution in [2.75, 3.05) is 0 Å². The second kappa shape index (κ2) is 7.64. The van der Waals surface area contributed by atoms with Gasteiger partial charge in [0.05, 0.1) is 16.0 Å². The van der Waals surface area contributed by atoms with Crippen LogP contribution in [0.3, 0.4) is 0 Å². The molecular formula is C15H20F2O2S. The number of benzene rings is 1. The number of rotatable bonds is 6. The monoisotopic (exact) mass is 302 g/mol. The lowest BCUT2D eigenvalue weighted by Crippen LogP contribution is -2.35. The fourth-order valence-electron chi connectivity index (χ4n) is 1.71. The van der Waals surface area contributed by atoms with Gasteiger partial charge in [0.1, 0.15) is 6.10 Å². The van der Waals surface area contributed by atoms with Crippen LogP contribution in [-0.2, 0) is 10.8 Å². The number of aryl methyl sites for hydroxylation is 1. The molecule has 0 bridgehead atoms. The van der Waals surface area contributed by atoms with E-state index < -0.39 is 28.6 Å². The van der Waals surface area contributed by atoms with E-state index in [1.54, 1.807) is 30.3 Å². The fraction of sp³-hybridized carbons (Fsp3) is 0.467. The highest BCUT2D eigenvalue weighted by atomic mass is 32.2. The zero-order valence-electron chi connectivity index (χ0n) is 11.8. The molecule has 0 saturated heterocycles. The highest BCUT2D eigenvalue weighted by Gasteiger charge is 2.32. The first kappa shape index (κ1) is 17.0. The predicted octanol–water partition coefficient (Wildman–Crippen LogP) is 3.45. The van der Waals surface area contributed by atoms with Crippen LogP contribution < -0.4 is 0 Å². The molecule has 0 fully saturated rings. The van der Waals surface area contributed by atoms with E-state index in [9.17, 15) is 18.1 Å². The van der Waals surface area contributed by atoms with Crippen LogP contribution in [0, 0.1) is 6.92 Å². The molecule has 1 aromatic rings. The molecule has 0 spiro atoms. The first-order chi connectivity index (χ1) is 9.32. The van der Waals surface area contributed by atoms with Gasteiger partial charge in [-0.05, 0) is 39.3 Å². The van der Waals surface area contributed by atoms with Crippen molar-refractivity contribution in [2.24, 2.45) is 0 Å². The molecular weight excluding hydrogens is 282 g/mol. The van der Waals surface area contributed by atoms with E-state index >= 15 is 0 Å². The van der Waals surface area contributed by atoms with Crippen molar-refractivity contribution >= 4 is 10.8 Å².